The van der Waals surface area contributed by atoms with Crippen LogP contribution in [0, 0.1) is 0 Å². The van der Waals surface area contributed by atoms with E-state index in [0.29, 0.717) is 4.53 Å². The molecule has 5 heteroatoms. The maximum Gasteiger partial charge on any atom is 0.271 e. The first-order valence-corrected chi connectivity index (χ1v) is 15.1. The number of nitrogens with zero attached hydrogens (tertiary/aromatic N) is 2. The minimum atomic E-state index is -0.181. The molecule has 0 radical (unpaired) electrons. The molecule has 0 fully saturated rings. The second kappa shape index (κ2) is 9.26. The highest BCUT2D eigenvalue weighted by Gasteiger charge is 2.32. The molecule has 0 saturated heterocycles. The maximum atomic E-state index is 14.3. The predicted octanol–water partition coefficient (Wildman–Crippen LogP) is 7.39. The first-order chi connectivity index (χ1) is 19.7. The summed E-state index contributed by atoms with van der Waals surface area (Å²) in [6.45, 7) is 0. The normalized spacial score (nSPS) is 16.5. The molecule has 2 heterocycles. The van der Waals surface area contributed by atoms with Crippen LogP contribution in [-0.2, 0) is 6.42 Å². The van der Waals surface area contributed by atoms with Gasteiger partial charge in [-0.15, -0.1) is 0 Å². The average Bonchev–Trinajstić information content (AvgIpc) is 3.30. The number of fused-ring (bicyclic) bond motifs is 5. The van der Waals surface area contributed by atoms with Gasteiger partial charge in [-0.05, 0) is 80.9 Å². The lowest BCUT2D eigenvalue weighted by atomic mass is 9.83. The SMILES string of the molecule is O=c1/c(=C/c2c3ccccc3cc3ccccc23)sc2n1[C@H](c1ccc(Br)cc1)C1=C(N=2)c2ccccc2CC1. The summed E-state index contributed by atoms with van der Waals surface area (Å²) < 4.78 is 3.66. The van der Waals surface area contributed by atoms with Crippen LogP contribution in [-0.4, -0.2) is 4.57 Å². The van der Waals surface area contributed by atoms with Crippen LogP contribution in [0.1, 0.15) is 34.7 Å². The quantitative estimate of drug-likeness (QED) is 0.191. The van der Waals surface area contributed by atoms with Crippen molar-refractivity contribution in [2.75, 3.05) is 0 Å². The van der Waals surface area contributed by atoms with Crippen molar-refractivity contribution in [3.05, 3.63) is 155 Å². The number of halogens is 1. The van der Waals surface area contributed by atoms with Crippen molar-refractivity contribution in [1.82, 2.24) is 4.57 Å². The fourth-order valence-electron chi connectivity index (χ4n) is 6.30. The van der Waals surface area contributed by atoms with E-state index < -0.39 is 0 Å². The molecule has 40 heavy (non-hydrogen) atoms. The first kappa shape index (κ1) is 23.8. The molecule has 0 amide bonds. The van der Waals surface area contributed by atoms with Crippen molar-refractivity contribution < 1.29 is 0 Å². The fraction of sp³-hybridized carbons (Fsp3) is 0.0857. The molecule has 5 aromatic carbocycles. The number of hydrogen-bond donors (Lipinski definition) is 0. The standard InChI is InChI=1S/C35H23BrN2OS/c36-25-16-13-22(14-17-25)33-29-18-15-21-7-1-6-12-28(21)32(29)37-35-38(33)34(39)31(40-35)20-30-26-10-4-2-8-23(26)19-24-9-3-5-11-27(24)30/h1-14,16-17,19-20,33H,15,18H2/b31-20-/t33-/m1/s1. The highest BCUT2D eigenvalue weighted by Crippen LogP contribution is 2.41. The van der Waals surface area contributed by atoms with Gasteiger partial charge in [-0.1, -0.05) is 112 Å². The lowest BCUT2D eigenvalue weighted by molar-refractivity contribution is 0.585. The number of hydrogen-bond acceptors (Lipinski definition) is 3. The summed E-state index contributed by atoms with van der Waals surface area (Å²) in [4.78, 5) is 20.2. The summed E-state index contributed by atoms with van der Waals surface area (Å²) in [5, 5.41) is 4.62. The Morgan fingerprint density at radius 1 is 0.825 bits per heavy atom. The van der Waals surface area contributed by atoms with E-state index >= 15 is 0 Å². The lowest BCUT2D eigenvalue weighted by Gasteiger charge is -2.30. The summed E-state index contributed by atoms with van der Waals surface area (Å²) in [6, 6.07) is 35.8. The van der Waals surface area contributed by atoms with E-state index in [0.717, 1.165) is 49.7 Å². The van der Waals surface area contributed by atoms with Crippen molar-refractivity contribution in [2.45, 2.75) is 18.9 Å². The Labute approximate surface area is 243 Å². The summed E-state index contributed by atoms with van der Waals surface area (Å²) in [6.07, 6.45) is 3.92. The Kier molecular flexibility index (Phi) is 5.51. The molecule has 2 aliphatic rings. The Hall–Kier alpha value is -4.06. The second-order valence-electron chi connectivity index (χ2n) is 10.4. The number of aromatic nitrogens is 1. The van der Waals surface area contributed by atoms with Gasteiger partial charge in [0.15, 0.2) is 4.80 Å². The number of aryl methyl sites for hydroxylation is 1. The average molecular weight is 600 g/mol. The summed E-state index contributed by atoms with van der Waals surface area (Å²) >= 11 is 5.08. The molecule has 0 spiro atoms. The number of benzene rings is 5. The highest BCUT2D eigenvalue weighted by atomic mass is 79.9. The van der Waals surface area contributed by atoms with Gasteiger partial charge in [0.25, 0.3) is 5.56 Å². The topological polar surface area (TPSA) is 34.4 Å². The first-order valence-electron chi connectivity index (χ1n) is 13.4. The van der Waals surface area contributed by atoms with Crippen LogP contribution in [0.4, 0.5) is 0 Å². The van der Waals surface area contributed by atoms with Crippen LogP contribution in [0.3, 0.4) is 0 Å². The zero-order chi connectivity index (χ0) is 26.8. The van der Waals surface area contributed by atoms with Gasteiger partial charge < -0.3 is 0 Å². The third-order valence-corrected chi connectivity index (χ3v) is 9.66. The van der Waals surface area contributed by atoms with Crippen molar-refractivity contribution in [2.24, 2.45) is 4.99 Å². The van der Waals surface area contributed by atoms with Crippen molar-refractivity contribution >= 4 is 60.6 Å². The van der Waals surface area contributed by atoms with Gasteiger partial charge in [0.2, 0.25) is 0 Å². The molecule has 1 aliphatic heterocycles. The number of rotatable bonds is 2. The fourth-order valence-corrected chi connectivity index (χ4v) is 7.55. The zero-order valence-electron chi connectivity index (χ0n) is 21.5. The molecule has 192 valence electrons. The van der Waals surface area contributed by atoms with E-state index in [1.165, 1.54) is 38.8 Å². The zero-order valence-corrected chi connectivity index (χ0v) is 23.9. The molecule has 0 N–H and O–H groups in total. The van der Waals surface area contributed by atoms with E-state index in [9.17, 15) is 4.79 Å². The Balaban J connectivity index is 1.43. The lowest BCUT2D eigenvalue weighted by Crippen LogP contribution is -2.38. The van der Waals surface area contributed by atoms with E-state index in [2.05, 4.69) is 125 Å². The molecule has 0 bridgehead atoms. The minimum Gasteiger partial charge on any atom is -0.272 e. The summed E-state index contributed by atoms with van der Waals surface area (Å²) in [5.74, 6) is 0. The van der Waals surface area contributed by atoms with Crippen molar-refractivity contribution in [1.29, 1.82) is 0 Å². The van der Waals surface area contributed by atoms with Gasteiger partial charge in [-0.3, -0.25) is 9.36 Å². The van der Waals surface area contributed by atoms with Gasteiger partial charge in [0.05, 0.1) is 16.3 Å². The van der Waals surface area contributed by atoms with Crippen molar-refractivity contribution in [3.8, 4) is 0 Å². The largest absolute Gasteiger partial charge is 0.272 e. The minimum absolute atomic E-state index is 0.0130. The third kappa shape index (κ3) is 3.69. The Morgan fingerprint density at radius 2 is 1.50 bits per heavy atom. The molecular weight excluding hydrogens is 576 g/mol. The molecule has 3 nitrogen and oxygen atoms in total. The molecule has 0 unspecified atom stereocenters. The van der Waals surface area contributed by atoms with E-state index in [-0.39, 0.29) is 11.6 Å². The van der Waals surface area contributed by atoms with Crippen LogP contribution < -0.4 is 14.9 Å². The predicted molar refractivity (Wildman–Crippen MR) is 168 cm³/mol. The number of thiazole rings is 1. The van der Waals surface area contributed by atoms with Gasteiger partial charge in [0, 0.05) is 10.0 Å². The smallest absolute Gasteiger partial charge is 0.271 e. The molecule has 1 aliphatic carbocycles. The molecule has 1 atom stereocenters. The van der Waals surface area contributed by atoms with E-state index in [1.807, 2.05) is 4.57 Å². The third-order valence-electron chi connectivity index (χ3n) is 8.15. The van der Waals surface area contributed by atoms with Gasteiger partial charge in [-0.25, -0.2) is 4.99 Å². The molecule has 6 aromatic rings. The van der Waals surface area contributed by atoms with Gasteiger partial charge >= 0.3 is 0 Å². The van der Waals surface area contributed by atoms with Crippen LogP contribution in [0.25, 0.3) is 33.3 Å². The second-order valence-corrected chi connectivity index (χ2v) is 12.3. The monoisotopic (exact) mass is 598 g/mol. The summed E-state index contributed by atoms with van der Waals surface area (Å²) in [7, 11) is 0. The van der Waals surface area contributed by atoms with E-state index in [4.69, 9.17) is 4.99 Å². The highest BCUT2D eigenvalue weighted by molar-refractivity contribution is 9.10. The molecular formula is C35H23BrN2OS. The van der Waals surface area contributed by atoms with Crippen LogP contribution in [0.15, 0.2) is 123 Å². The van der Waals surface area contributed by atoms with Gasteiger partial charge in [-0.2, -0.15) is 0 Å². The van der Waals surface area contributed by atoms with Crippen LogP contribution >= 0.6 is 27.3 Å². The van der Waals surface area contributed by atoms with Crippen LogP contribution in [0.5, 0.6) is 0 Å². The molecule has 0 saturated carbocycles. The Bertz CT molecular complexity index is 2150. The van der Waals surface area contributed by atoms with Crippen LogP contribution in [0.2, 0.25) is 0 Å². The molecule has 1 aromatic heterocycles. The van der Waals surface area contributed by atoms with E-state index in [1.54, 1.807) is 0 Å². The maximum absolute atomic E-state index is 14.3. The molecule has 8 rings (SSSR count). The van der Waals surface area contributed by atoms with Gasteiger partial charge in [0.1, 0.15) is 0 Å². The Morgan fingerprint density at radius 3 is 2.25 bits per heavy atom. The number of allylic oxidation sites excluding steroid dienone is 1. The van der Waals surface area contributed by atoms with Crippen molar-refractivity contribution in [3.63, 3.8) is 0 Å². The summed E-state index contributed by atoms with van der Waals surface area (Å²) in [5.41, 5.74) is 6.94.